The third kappa shape index (κ3) is 3.05. The topological polar surface area (TPSA) is 20.2 Å². The maximum absolute atomic E-state index is 9.31. The van der Waals surface area contributed by atoms with Gasteiger partial charge in [-0.25, -0.2) is 0 Å². The molecule has 0 radical (unpaired) electrons. The van der Waals surface area contributed by atoms with E-state index in [-0.39, 0.29) is 12.4 Å². The van der Waals surface area contributed by atoms with Crippen LogP contribution in [0.5, 0.6) is 5.75 Å². The summed E-state index contributed by atoms with van der Waals surface area (Å²) in [6.07, 6.45) is 1.88. The zero-order valence-corrected chi connectivity index (χ0v) is 9.33. The molecule has 1 aromatic rings. The van der Waals surface area contributed by atoms with Crippen molar-refractivity contribution in [2.75, 3.05) is 20.6 Å². The number of rotatable bonds is 3. The number of likely N-dealkylation sites (N-methyl/N-ethyl adjacent to an activating group) is 1. The van der Waals surface area contributed by atoms with Crippen LogP contribution in [0, 0.1) is 0 Å². The molecule has 2 nitrogen and oxygen atoms in total. The summed E-state index contributed by atoms with van der Waals surface area (Å²) in [4.78, 5) is 0. The number of nitrogens with zero attached hydrogens (tertiary/aromatic N) is 1. The SMILES string of the molecule is C=CC[N+](C)(C)c1cccc(O)c1.[Cl-]. The number of phenolic OH excluding ortho intramolecular Hbond substituents is 1. The smallest absolute Gasteiger partial charge is 0.136 e. The molecule has 0 unspecified atom stereocenters. The molecule has 0 heterocycles. The normalized spacial score (nSPS) is 10.4. The largest absolute Gasteiger partial charge is 1.00 e. The van der Waals surface area contributed by atoms with Crippen LogP contribution < -0.4 is 16.9 Å². The fourth-order valence-electron chi connectivity index (χ4n) is 1.30. The number of quaternary nitrogens is 1. The standard InChI is InChI=1S/C11H15NO.ClH/c1-4-8-12(2,3)10-6-5-7-11(13)9-10;/h4-7,9H,1,8H2,2-3H3;1H. The van der Waals surface area contributed by atoms with E-state index in [2.05, 4.69) is 20.7 Å². The van der Waals surface area contributed by atoms with Gasteiger partial charge in [-0.2, -0.15) is 0 Å². The highest BCUT2D eigenvalue weighted by Crippen LogP contribution is 2.22. The molecule has 0 fully saturated rings. The van der Waals surface area contributed by atoms with Gasteiger partial charge in [0.15, 0.2) is 0 Å². The first-order chi connectivity index (χ1) is 6.06. The molecule has 0 atom stereocenters. The van der Waals surface area contributed by atoms with Gasteiger partial charge in [0.05, 0.1) is 14.1 Å². The quantitative estimate of drug-likeness (QED) is 0.513. The molecule has 0 aliphatic heterocycles. The number of benzene rings is 1. The lowest BCUT2D eigenvalue weighted by Crippen LogP contribution is -3.00. The van der Waals surface area contributed by atoms with Crippen LogP contribution in [0.3, 0.4) is 0 Å². The second kappa shape index (κ2) is 5.03. The molecule has 1 rings (SSSR count). The lowest BCUT2D eigenvalue weighted by atomic mass is 10.2. The summed E-state index contributed by atoms with van der Waals surface area (Å²) in [7, 11) is 4.16. The van der Waals surface area contributed by atoms with Crippen molar-refractivity contribution >= 4 is 5.69 Å². The zero-order valence-electron chi connectivity index (χ0n) is 8.57. The Morgan fingerprint density at radius 3 is 2.57 bits per heavy atom. The van der Waals surface area contributed by atoms with E-state index in [1.165, 1.54) is 0 Å². The van der Waals surface area contributed by atoms with Crippen molar-refractivity contribution < 1.29 is 17.5 Å². The Morgan fingerprint density at radius 1 is 1.43 bits per heavy atom. The Labute approximate surface area is 91.5 Å². The first kappa shape index (κ1) is 13.0. The minimum absolute atomic E-state index is 0. The lowest BCUT2D eigenvalue weighted by Gasteiger charge is -2.27. The Hall–Kier alpha value is -0.990. The highest BCUT2D eigenvalue weighted by molar-refractivity contribution is 5.46. The maximum Gasteiger partial charge on any atom is 0.136 e. The van der Waals surface area contributed by atoms with Gasteiger partial charge in [0.2, 0.25) is 0 Å². The highest BCUT2D eigenvalue weighted by Gasteiger charge is 2.16. The Morgan fingerprint density at radius 2 is 2.07 bits per heavy atom. The van der Waals surface area contributed by atoms with Crippen molar-refractivity contribution in [3.8, 4) is 5.75 Å². The number of hydrogen-bond acceptors (Lipinski definition) is 1. The van der Waals surface area contributed by atoms with Gasteiger partial charge in [0.25, 0.3) is 0 Å². The minimum atomic E-state index is 0. The van der Waals surface area contributed by atoms with Crippen LogP contribution >= 0.6 is 0 Å². The van der Waals surface area contributed by atoms with E-state index in [9.17, 15) is 5.11 Å². The average Bonchev–Trinajstić information content (AvgIpc) is 2.04. The van der Waals surface area contributed by atoms with Gasteiger partial charge in [-0.05, 0) is 18.2 Å². The molecule has 3 heteroatoms. The fraction of sp³-hybridized carbons (Fsp3) is 0.273. The van der Waals surface area contributed by atoms with Gasteiger partial charge in [0.1, 0.15) is 18.0 Å². The second-order valence-corrected chi connectivity index (χ2v) is 3.68. The van der Waals surface area contributed by atoms with Crippen molar-refractivity contribution in [3.05, 3.63) is 36.9 Å². The van der Waals surface area contributed by atoms with E-state index in [4.69, 9.17) is 0 Å². The summed E-state index contributed by atoms with van der Waals surface area (Å²) < 4.78 is 0.706. The molecule has 0 bridgehead atoms. The van der Waals surface area contributed by atoms with Crippen molar-refractivity contribution in [2.24, 2.45) is 0 Å². The van der Waals surface area contributed by atoms with Crippen LogP contribution in [0.4, 0.5) is 5.69 Å². The molecular formula is C11H16ClNO. The van der Waals surface area contributed by atoms with E-state index in [1.54, 1.807) is 12.1 Å². The number of aromatic hydroxyl groups is 1. The predicted molar refractivity (Wildman–Crippen MR) is 56.8 cm³/mol. The summed E-state index contributed by atoms with van der Waals surface area (Å²) in [5.74, 6) is 0.313. The fourth-order valence-corrected chi connectivity index (χ4v) is 1.30. The first-order valence-corrected chi connectivity index (χ1v) is 4.30. The average molecular weight is 214 g/mol. The van der Waals surface area contributed by atoms with E-state index < -0.39 is 0 Å². The van der Waals surface area contributed by atoms with Gasteiger partial charge in [-0.3, -0.25) is 4.48 Å². The third-order valence-corrected chi connectivity index (χ3v) is 2.11. The van der Waals surface area contributed by atoms with Crippen LogP contribution in [0.2, 0.25) is 0 Å². The van der Waals surface area contributed by atoms with Crippen molar-refractivity contribution in [3.63, 3.8) is 0 Å². The molecule has 0 aliphatic rings. The maximum atomic E-state index is 9.31. The molecule has 0 aromatic heterocycles. The van der Waals surface area contributed by atoms with Crippen LogP contribution in [0.25, 0.3) is 0 Å². The van der Waals surface area contributed by atoms with E-state index in [0.717, 1.165) is 12.2 Å². The number of phenols is 1. The summed E-state index contributed by atoms with van der Waals surface area (Å²) in [6, 6.07) is 7.32. The van der Waals surface area contributed by atoms with Crippen molar-refractivity contribution in [2.45, 2.75) is 0 Å². The second-order valence-electron chi connectivity index (χ2n) is 3.68. The molecule has 0 aliphatic carbocycles. The molecule has 14 heavy (non-hydrogen) atoms. The predicted octanol–water partition coefficient (Wildman–Crippen LogP) is -0.851. The van der Waals surface area contributed by atoms with Crippen molar-refractivity contribution in [1.29, 1.82) is 0 Å². The molecule has 0 saturated carbocycles. The molecule has 1 N–H and O–H groups in total. The minimum Gasteiger partial charge on any atom is -1.00 e. The first-order valence-electron chi connectivity index (χ1n) is 4.30. The van der Waals surface area contributed by atoms with E-state index in [0.29, 0.717) is 10.2 Å². The molecule has 0 saturated heterocycles. The van der Waals surface area contributed by atoms with E-state index in [1.807, 2.05) is 18.2 Å². The van der Waals surface area contributed by atoms with Gasteiger partial charge in [0, 0.05) is 6.07 Å². The Balaban J connectivity index is 0.00000169. The van der Waals surface area contributed by atoms with Crippen LogP contribution in [-0.2, 0) is 0 Å². The summed E-state index contributed by atoms with van der Waals surface area (Å²) in [5, 5.41) is 9.31. The third-order valence-electron chi connectivity index (χ3n) is 2.11. The summed E-state index contributed by atoms with van der Waals surface area (Å²) in [5.41, 5.74) is 1.08. The van der Waals surface area contributed by atoms with Gasteiger partial charge >= 0.3 is 0 Å². The van der Waals surface area contributed by atoms with Crippen LogP contribution in [0.15, 0.2) is 36.9 Å². The van der Waals surface area contributed by atoms with Gasteiger partial charge < -0.3 is 17.5 Å². The summed E-state index contributed by atoms with van der Waals surface area (Å²) in [6.45, 7) is 4.57. The van der Waals surface area contributed by atoms with E-state index >= 15 is 0 Å². The lowest BCUT2D eigenvalue weighted by molar-refractivity contribution is -0.00000393. The Kier molecular flexibility index (Phi) is 4.68. The molecular weight excluding hydrogens is 198 g/mol. The Bertz CT molecular complexity index is 310. The van der Waals surface area contributed by atoms with Crippen molar-refractivity contribution in [1.82, 2.24) is 4.48 Å². The molecule has 78 valence electrons. The number of hydrogen-bond donors (Lipinski definition) is 1. The van der Waals surface area contributed by atoms with Gasteiger partial charge in [-0.1, -0.05) is 12.6 Å². The number of halogens is 1. The zero-order chi connectivity index (χ0) is 9.90. The van der Waals surface area contributed by atoms with Crippen LogP contribution in [-0.4, -0.2) is 25.7 Å². The van der Waals surface area contributed by atoms with Crippen LogP contribution in [0.1, 0.15) is 0 Å². The highest BCUT2D eigenvalue weighted by atomic mass is 35.5. The van der Waals surface area contributed by atoms with Gasteiger partial charge in [-0.15, -0.1) is 0 Å². The summed E-state index contributed by atoms with van der Waals surface area (Å²) >= 11 is 0. The monoisotopic (exact) mass is 213 g/mol. The molecule has 1 aromatic carbocycles. The molecule has 0 spiro atoms. The molecule has 0 amide bonds.